The molecule has 0 radical (unpaired) electrons. The van der Waals surface area contributed by atoms with Crippen LogP contribution < -0.4 is 19.9 Å². The summed E-state index contributed by atoms with van der Waals surface area (Å²) in [6.45, 7) is 9.09. The average molecular weight is 530 g/mol. The van der Waals surface area contributed by atoms with Crippen LogP contribution in [0.5, 0.6) is 5.75 Å². The molecule has 0 unspecified atom stereocenters. The average Bonchev–Trinajstić information content (AvgIpc) is 2.93. The van der Waals surface area contributed by atoms with Crippen molar-refractivity contribution in [3.63, 3.8) is 0 Å². The maximum absolute atomic E-state index is 15.1. The van der Waals surface area contributed by atoms with Gasteiger partial charge in [0, 0.05) is 42.6 Å². The second-order valence-corrected chi connectivity index (χ2v) is 10.8. The molecule has 204 valence electrons. The van der Waals surface area contributed by atoms with Crippen LogP contribution in [0.15, 0.2) is 36.5 Å². The topological polar surface area (TPSA) is 80.6 Å². The number of aryl methyl sites for hydroxylation is 1. The molecule has 0 bridgehead atoms. The number of nitrogens with zero attached hydrogens (tertiary/aromatic N) is 6. The summed E-state index contributed by atoms with van der Waals surface area (Å²) in [4.78, 5) is 15.9. The van der Waals surface area contributed by atoms with Crippen LogP contribution in [0.25, 0.3) is 11.3 Å². The van der Waals surface area contributed by atoms with Gasteiger partial charge in [-0.2, -0.15) is 5.26 Å². The molecule has 0 saturated carbocycles. The Bertz CT molecular complexity index is 1390. The molecule has 3 aromatic rings. The van der Waals surface area contributed by atoms with Crippen LogP contribution in [-0.2, 0) is 0 Å². The van der Waals surface area contributed by atoms with E-state index >= 15 is 4.39 Å². The number of ether oxygens (including phenoxy) is 1. The molecule has 8 nitrogen and oxygen atoms in total. The number of nitrogens with one attached hydrogen (secondary N) is 1. The summed E-state index contributed by atoms with van der Waals surface area (Å²) in [6, 6.07) is 12.3. The van der Waals surface area contributed by atoms with E-state index in [2.05, 4.69) is 59.0 Å². The monoisotopic (exact) mass is 529 g/mol. The Labute approximate surface area is 230 Å². The zero-order valence-electron chi connectivity index (χ0n) is 23.3. The smallest absolute Gasteiger partial charge is 0.227 e. The predicted octanol–water partition coefficient (Wildman–Crippen LogP) is 5.34. The van der Waals surface area contributed by atoms with Crippen LogP contribution in [-0.4, -0.2) is 67.3 Å². The molecule has 5 rings (SSSR count). The lowest BCUT2D eigenvalue weighted by atomic mass is 10.0. The van der Waals surface area contributed by atoms with E-state index in [1.807, 2.05) is 31.2 Å². The van der Waals surface area contributed by atoms with Crippen molar-refractivity contribution < 1.29 is 9.13 Å². The van der Waals surface area contributed by atoms with Gasteiger partial charge in [-0.15, -0.1) is 0 Å². The summed E-state index contributed by atoms with van der Waals surface area (Å²) in [5.74, 6) is 0.275. The number of halogens is 1. The molecule has 2 aliphatic heterocycles. The molecule has 2 aliphatic rings. The lowest BCUT2D eigenvalue weighted by molar-refractivity contribution is 0.249. The summed E-state index contributed by atoms with van der Waals surface area (Å²) >= 11 is 0. The van der Waals surface area contributed by atoms with Crippen molar-refractivity contribution in [3.05, 3.63) is 53.5 Å². The van der Waals surface area contributed by atoms with Gasteiger partial charge >= 0.3 is 0 Å². The molecule has 1 N–H and O–H groups in total. The molecule has 1 fully saturated rings. The number of piperidine rings is 1. The molecule has 9 heteroatoms. The molecule has 0 atom stereocenters. The summed E-state index contributed by atoms with van der Waals surface area (Å²) in [5.41, 5.74) is 5.17. The highest BCUT2D eigenvalue weighted by Crippen LogP contribution is 2.39. The first-order valence-corrected chi connectivity index (χ1v) is 13.5. The van der Waals surface area contributed by atoms with E-state index in [0.717, 1.165) is 48.6 Å². The van der Waals surface area contributed by atoms with Crippen molar-refractivity contribution in [3.8, 4) is 23.1 Å². The van der Waals surface area contributed by atoms with Crippen LogP contribution in [0, 0.1) is 24.1 Å². The van der Waals surface area contributed by atoms with E-state index in [9.17, 15) is 5.26 Å². The van der Waals surface area contributed by atoms with Crippen molar-refractivity contribution in [2.45, 2.75) is 45.7 Å². The standard InChI is InChI=1S/C30H36FN7O/c1-19(2)38-12-13-39-29-25(31)15-21(16-27(29)38)28-20(3)18-33-30(35-28)34-23-6-7-26(22(14-23)17-32)37-10-8-24(9-11-37)36(4)5/h6-7,14-16,18-19,24H,8-13H2,1-5H3,(H,33,34,35). The molecule has 1 saturated heterocycles. The van der Waals surface area contributed by atoms with Gasteiger partial charge in [-0.1, -0.05) is 0 Å². The highest BCUT2D eigenvalue weighted by molar-refractivity contribution is 5.75. The van der Waals surface area contributed by atoms with E-state index in [0.29, 0.717) is 47.7 Å². The van der Waals surface area contributed by atoms with Gasteiger partial charge in [-0.05, 0) is 83.6 Å². The lowest BCUT2D eigenvalue weighted by Gasteiger charge is -2.36. The molecule has 1 aromatic heterocycles. The van der Waals surface area contributed by atoms with E-state index in [1.54, 1.807) is 6.20 Å². The fraction of sp³-hybridized carbons (Fsp3) is 0.433. The number of hydrogen-bond acceptors (Lipinski definition) is 8. The SMILES string of the molecule is Cc1cnc(Nc2ccc(N3CCC(N(C)C)CC3)c(C#N)c2)nc1-c1cc(F)c2c(c1)N(C(C)C)CCO2. The van der Waals surface area contributed by atoms with E-state index in [1.165, 1.54) is 6.07 Å². The highest BCUT2D eigenvalue weighted by Gasteiger charge is 2.26. The molecule has 2 aromatic carbocycles. The summed E-state index contributed by atoms with van der Waals surface area (Å²) < 4.78 is 20.8. The van der Waals surface area contributed by atoms with Gasteiger partial charge < -0.3 is 24.8 Å². The van der Waals surface area contributed by atoms with Gasteiger partial charge in [0.25, 0.3) is 0 Å². The van der Waals surface area contributed by atoms with Crippen molar-refractivity contribution in [1.82, 2.24) is 14.9 Å². The number of benzene rings is 2. The number of hydrogen-bond donors (Lipinski definition) is 1. The zero-order chi connectivity index (χ0) is 27.7. The van der Waals surface area contributed by atoms with E-state index < -0.39 is 5.82 Å². The van der Waals surface area contributed by atoms with Crippen molar-refractivity contribution in [1.29, 1.82) is 5.26 Å². The Balaban J connectivity index is 1.40. The van der Waals surface area contributed by atoms with Gasteiger partial charge in [0.2, 0.25) is 5.95 Å². The zero-order valence-corrected chi connectivity index (χ0v) is 23.3. The van der Waals surface area contributed by atoms with Gasteiger partial charge in [0.05, 0.1) is 29.2 Å². The predicted molar refractivity (Wildman–Crippen MR) is 154 cm³/mol. The number of nitriles is 1. The van der Waals surface area contributed by atoms with E-state index in [-0.39, 0.29) is 6.04 Å². The van der Waals surface area contributed by atoms with Crippen LogP contribution in [0.1, 0.15) is 37.8 Å². The number of rotatable bonds is 6. The van der Waals surface area contributed by atoms with Crippen molar-refractivity contribution in [2.75, 3.05) is 55.5 Å². The number of fused-ring (bicyclic) bond motifs is 1. The third-order valence-electron chi connectivity index (χ3n) is 7.69. The first kappa shape index (κ1) is 26.7. The second kappa shape index (κ2) is 11.1. The third kappa shape index (κ3) is 5.48. The Morgan fingerprint density at radius 2 is 1.90 bits per heavy atom. The molecule has 0 aliphatic carbocycles. The van der Waals surface area contributed by atoms with Gasteiger partial charge in [-0.3, -0.25) is 0 Å². The number of anilines is 4. The Morgan fingerprint density at radius 1 is 1.13 bits per heavy atom. The minimum absolute atomic E-state index is 0.211. The minimum atomic E-state index is -0.399. The van der Waals surface area contributed by atoms with Crippen LogP contribution in [0.4, 0.5) is 27.4 Å². The molecular formula is C30H36FN7O. The van der Waals surface area contributed by atoms with Gasteiger partial charge in [0.15, 0.2) is 11.6 Å². The van der Waals surface area contributed by atoms with Crippen molar-refractivity contribution >= 4 is 23.0 Å². The molecule has 0 spiro atoms. The van der Waals surface area contributed by atoms with Gasteiger partial charge in [-0.25, -0.2) is 14.4 Å². The Kier molecular flexibility index (Phi) is 7.58. The molecule has 3 heterocycles. The fourth-order valence-corrected chi connectivity index (χ4v) is 5.50. The molecular weight excluding hydrogens is 493 g/mol. The number of aromatic nitrogens is 2. The minimum Gasteiger partial charge on any atom is -0.486 e. The first-order chi connectivity index (χ1) is 18.7. The third-order valence-corrected chi connectivity index (χ3v) is 7.69. The summed E-state index contributed by atoms with van der Waals surface area (Å²) in [7, 11) is 4.24. The van der Waals surface area contributed by atoms with E-state index in [4.69, 9.17) is 9.72 Å². The Morgan fingerprint density at radius 3 is 2.59 bits per heavy atom. The maximum Gasteiger partial charge on any atom is 0.227 e. The quantitative estimate of drug-likeness (QED) is 0.458. The fourth-order valence-electron chi connectivity index (χ4n) is 5.50. The second-order valence-electron chi connectivity index (χ2n) is 10.8. The largest absolute Gasteiger partial charge is 0.486 e. The molecule has 0 amide bonds. The lowest BCUT2D eigenvalue weighted by Crippen LogP contribution is -2.42. The normalized spacial score (nSPS) is 15.8. The van der Waals surface area contributed by atoms with Crippen LogP contribution in [0.3, 0.4) is 0 Å². The Hall–Kier alpha value is -3.90. The molecule has 39 heavy (non-hydrogen) atoms. The van der Waals surface area contributed by atoms with Crippen LogP contribution in [0.2, 0.25) is 0 Å². The van der Waals surface area contributed by atoms with Crippen LogP contribution >= 0.6 is 0 Å². The van der Waals surface area contributed by atoms with Gasteiger partial charge in [0.1, 0.15) is 12.7 Å². The maximum atomic E-state index is 15.1. The highest BCUT2D eigenvalue weighted by atomic mass is 19.1. The summed E-state index contributed by atoms with van der Waals surface area (Å²) in [5, 5.41) is 13.1. The van der Waals surface area contributed by atoms with Crippen molar-refractivity contribution in [2.24, 2.45) is 0 Å². The summed E-state index contributed by atoms with van der Waals surface area (Å²) in [6.07, 6.45) is 3.87. The first-order valence-electron chi connectivity index (χ1n) is 13.5.